The summed E-state index contributed by atoms with van der Waals surface area (Å²) < 4.78 is 10.4. The van der Waals surface area contributed by atoms with E-state index in [1.807, 2.05) is 43.3 Å². The summed E-state index contributed by atoms with van der Waals surface area (Å²) in [6.45, 7) is 8.06. The van der Waals surface area contributed by atoms with E-state index >= 15 is 0 Å². The Morgan fingerprint density at radius 1 is 1.15 bits per heavy atom. The lowest BCUT2D eigenvalue weighted by Gasteiger charge is -2.19. The first-order valence-corrected chi connectivity index (χ1v) is 11.3. The van der Waals surface area contributed by atoms with Gasteiger partial charge in [0.2, 0.25) is 0 Å². The Labute approximate surface area is 200 Å². The van der Waals surface area contributed by atoms with Crippen LogP contribution in [-0.2, 0) is 20.7 Å². The van der Waals surface area contributed by atoms with Gasteiger partial charge in [0.15, 0.2) is 5.11 Å². The fourth-order valence-electron chi connectivity index (χ4n) is 3.78. The quantitative estimate of drug-likeness (QED) is 0.331. The molecule has 1 aliphatic rings. The Kier molecular flexibility index (Phi) is 7.53. The van der Waals surface area contributed by atoms with E-state index in [9.17, 15) is 9.59 Å². The summed E-state index contributed by atoms with van der Waals surface area (Å²) in [7, 11) is 2.97. The second kappa shape index (κ2) is 10.2. The SMILES string of the molecule is CCc1ccc(N2C(=O)/C(=C/c3cc(C(C)C)c(OC)cc3C)N(CC(=O)OC)C2=S)cc1. The number of esters is 1. The predicted molar refractivity (Wildman–Crippen MR) is 134 cm³/mol. The molecule has 7 heteroatoms. The zero-order chi connectivity index (χ0) is 24.3. The van der Waals surface area contributed by atoms with Gasteiger partial charge in [0.25, 0.3) is 5.91 Å². The third kappa shape index (κ3) is 4.93. The van der Waals surface area contributed by atoms with Crippen LogP contribution < -0.4 is 9.64 Å². The number of carbonyl (C=O) groups is 2. The van der Waals surface area contributed by atoms with Crippen LogP contribution in [0, 0.1) is 6.92 Å². The number of ether oxygens (including phenoxy) is 2. The van der Waals surface area contributed by atoms with Crippen LogP contribution in [0.1, 0.15) is 48.9 Å². The molecule has 2 aromatic rings. The van der Waals surface area contributed by atoms with Crippen molar-refractivity contribution >= 4 is 41.0 Å². The minimum Gasteiger partial charge on any atom is -0.496 e. The highest BCUT2D eigenvalue weighted by Crippen LogP contribution is 2.33. The topological polar surface area (TPSA) is 59.1 Å². The summed E-state index contributed by atoms with van der Waals surface area (Å²) in [5.74, 6) is 0.280. The first-order chi connectivity index (χ1) is 15.7. The molecule has 1 amide bonds. The first kappa shape index (κ1) is 24.5. The highest BCUT2D eigenvalue weighted by Gasteiger charge is 2.40. The van der Waals surface area contributed by atoms with Gasteiger partial charge in [-0.2, -0.15) is 0 Å². The zero-order valence-electron chi connectivity index (χ0n) is 20.0. The van der Waals surface area contributed by atoms with Crippen molar-refractivity contribution in [2.45, 2.75) is 40.0 Å². The second-order valence-corrected chi connectivity index (χ2v) is 8.61. The second-order valence-electron chi connectivity index (χ2n) is 8.24. The van der Waals surface area contributed by atoms with Crippen LogP contribution in [0.15, 0.2) is 42.1 Å². The van der Waals surface area contributed by atoms with E-state index in [0.29, 0.717) is 11.4 Å². The van der Waals surface area contributed by atoms with Crippen molar-refractivity contribution < 1.29 is 19.1 Å². The van der Waals surface area contributed by atoms with Crippen molar-refractivity contribution in [3.8, 4) is 5.75 Å². The third-order valence-corrected chi connectivity index (χ3v) is 6.19. The number of hydrogen-bond acceptors (Lipinski definition) is 5. The maximum atomic E-state index is 13.6. The van der Waals surface area contributed by atoms with Crippen molar-refractivity contribution in [1.82, 2.24) is 4.90 Å². The van der Waals surface area contributed by atoms with Crippen LogP contribution in [0.25, 0.3) is 6.08 Å². The van der Waals surface area contributed by atoms with Gasteiger partial charge in [-0.3, -0.25) is 14.5 Å². The molecule has 3 rings (SSSR count). The smallest absolute Gasteiger partial charge is 0.325 e. The molecule has 1 aliphatic heterocycles. The maximum Gasteiger partial charge on any atom is 0.325 e. The molecule has 0 N–H and O–H groups in total. The normalized spacial score (nSPS) is 15.1. The number of benzene rings is 2. The number of aryl methyl sites for hydroxylation is 2. The molecule has 33 heavy (non-hydrogen) atoms. The highest BCUT2D eigenvalue weighted by atomic mass is 32.1. The number of anilines is 1. The van der Waals surface area contributed by atoms with Crippen LogP contribution in [0.4, 0.5) is 5.69 Å². The number of hydrogen-bond donors (Lipinski definition) is 0. The molecule has 2 aromatic carbocycles. The number of rotatable bonds is 7. The molecule has 0 aliphatic carbocycles. The Hall–Kier alpha value is -3.19. The van der Waals surface area contributed by atoms with E-state index in [0.717, 1.165) is 34.4 Å². The number of methoxy groups -OCH3 is 2. The minimum atomic E-state index is -0.478. The Bertz CT molecular complexity index is 1110. The summed E-state index contributed by atoms with van der Waals surface area (Å²) >= 11 is 5.64. The van der Waals surface area contributed by atoms with Crippen molar-refractivity contribution in [3.63, 3.8) is 0 Å². The Morgan fingerprint density at radius 2 is 1.82 bits per heavy atom. The van der Waals surface area contributed by atoms with Crippen molar-refractivity contribution in [2.75, 3.05) is 25.7 Å². The lowest BCUT2D eigenvalue weighted by molar-refractivity contribution is -0.140. The third-order valence-electron chi connectivity index (χ3n) is 5.79. The monoisotopic (exact) mass is 466 g/mol. The molecule has 174 valence electrons. The molecule has 0 aromatic heterocycles. The number of carbonyl (C=O) groups excluding carboxylic acids is 2. The van der Waals surface area contributed by atoms with Gasteiger partial charge in [0.05, 0.1) is 19.9 Å². The fraction of sp³-hybridized carbons (Fsp3) is 0.346. The van der Waals surface area contributed by atoms with Crippen LogP contribution >= 0.6 is 12.2 Å². The molecule has 1 fully saturated rings. The van der Waals surface area contributed by atoms with Crippen molar-refractivity contribution in [1.29, 1.82) is 0 Å². The van der Waals surface area contributed by atoms with Crippen LogP contribution in [-0.4, -0.2) is 42.7 Å². The van der Waals surface area contributed by atoms with E-state index in [-0.39, 0.29) is 23.5 Å². The number of nitrogens with zero attached hydrogens (tertiary/aromatic N) is 2. The van der Waals surface area contributed by atoms with Gasteiger partial charge in [0.1, 0.15) is 18.0 Å². The molecule has 0 unspecified atom stereocenters. The maximum absolute atomic E-state index is 13.6. The van der Waals surface area contributed by atoms with Crippen molar-refractivity contribution in [3.05, 3.63) is 64.3 Å². The average molecular weight is 467 g/mol. The average Bonchev–Trinajstić information content (AvgIpc) is 3.03. The molecular weight excluding hydrogens is 436 g/mol. The molecule has 0 spiro atoms. The fourth-order valence-corrected chi connectivity index (χ4v) is 4.13. The van der Waals surface area contributed by atoms with Gasteiger partial charge in [-0.1, -0.05) is 32.9 Å². The summed E-state index contributed by atoms with van der Waals surface area (Å²) in [5.41, 5.74) is 5.00. The Morgan fingerprint density at radius 3 is 2.36 bits per heavy atom. The van der Waals surface area contributed by atoms with E-state index in [1.165, 1.54) is 16.9 Å². The first-order valence-electron chi connectivity index (χ1n) is 10.9. The molecule has 0 saturated carbocycles. The molecule has 1 saturated heterocycles. The van der Waals surface area contributed by atoms with E-state index in [1.54, 1.807) is 13.2 Å². The van der Waals surface area contributed by atoms with Crippen molar-refractivity contribution in [2.24, 2.45) is 0 Å². The number of thiocarbonyl (C=S) groups is 1. The van der Waals surface area contributed by atoms with Crippen LogP contribution in [0.5, 0.6) is 5.75 Å². The van der Waals surface area contributed by atoms with Crippen LogP contribution in [0.2, 0.25) is 0 Å². The van der Waals surface area contributed by atoms with E-state index < -0.39 is 5.97 Å². The molecule has 1 heterocycles. The van der Waals surface area contributed by atoms with Gasteiger partial charge in [-0.15, -0.1) is 0 Å². The Balaban J connectivity index is 2.11. The summed E-state index contributed by atoms with van der Waals surface area (Å²) in [4.78, 5) is 28.7. The largest absolute Gasteiger partial charge is 0.496 e. The van der Waals surface area contributed by atoms with Crippen LogP contribution in [0.3, 0.4) is 0 Å². The van der Waals surface area contributed by atoms with Gasteiger partial charge >= 0.3 is 5.97 Å². The van der Waals surface area contributed by atoms with Gasteiger partial charge in [0, 0.05) is 0 Å². The molecule has 0 atom stereocenters. The van der Waals surface area contributed by atoms with Gasteiger partial charge in [-0.05, 0) is 84.1 Å². The standard InChI is InChI=1S/C26H30N2O4S/c1-7-18-8-10-20(11-9-18)28-25(30)22(27(26(28)33)15-24(29)32-6)14-19-13-21(16(2)3)23(31-5)12-17(19)4/h8-14,16H,7,15H2,1-6H3/b22-14-. The lowest BCUT2D eigenvalue weighted by Crippen LogP contribution is -2.35. The highest BCUT2D eigenvalue weighted by molar-refractivity contribution is 7.80. The molecule has 0 bridgehead atoms. The predicted octanol–water partition coefficient (Wildman–Crippen LogP) is 4.84. The molecular formula is C26H30N2O4S. The molecule has 6 nitrogen and oxygen atoms in total. The molecule has 0 radical (unpaired) electrons. The van der Waals surface area contributed by atoms with E-state index in [2.05, 4.69) is 20.8 Å². The summed E-state index contributed by atoms with van der Waals surface area (Å²) in [5, 5.41) is 0.246. The minimum absolute atomic E-state index is 0.150. The zero-order valence-corrected chi connectivity index (χ0v) is 20.8. The summed E-state index contributed by atoms with van der Waals surface area (Å²) in [6.07, 6.45) is 2.69. The summed E-state index contributed by atoms with van der Waals surface area (Å²) in [6, 6.07) is 11.7. The lowest BCUT2D eigenvalue weighted by atomic mass is 9.96. The van der Waals surface area contributed by atoms with E-state index in [4.69, 9.17) is 21.7 Å². The number of amides is 1. The van der Waals surface area contributed by atoms with Gasteiger partial charge in [-0.25, -0.2) is 0 Å². The van der Waals surface area contributed by atoms with Gasteiger partial charge < -0.3 is 14.4 Å².